The molecule has 0 unspecified atom stereocenters. The summed E-state index contributed by atoms with van der Waals surface area (Å²) in [6.07, 6.45) is 5.29. The summed E-state index contributed by atoms with van der Waals surface area (Å²) in [5.41, 5.74) is 7.28. The number of hydrogen-bond acceptors (Lipinski definition) is 3. The Balaban J connectivity index is 1.82. The zero-order valence-electron chi connectivity index (χ0n) is 7.40. The number of hydrazine groups is 2. The number of anilines is 1. The van der Waals surface area contributed by atoms with E-state index < -0.39 is 0 Å². The van der Waals surface area contributed by atoms with E-state index in [2.05, 4.69) is 17.0 Å². The van der Waals surface area contributed by atoms with Crippen LogP contribution >= 0.6 is 0 Å². The van der Waals surface area contributed by atoms with Crippen molar-refractivity contribution in [1.82, 2.24) is 10.5 Å². The molecular weight excluding hydrogens is 162 g/mol. The van der Waals surface area contributed by atoms with Crippen molar-refractivity contribution in [1.29, 1.82) is 0 Å². The summed E-state index contributed by atoms with van der Waals surface area (Å²) in [6, 6.07) is 10.0. The first-order valence-electron chi connectivity index (χ1n) is 4.45. The lowest BCUT2D eigenvalue weighted by molar-refractivity contribution is 0.321. The van der Waals surface area contributed by atoms with Crippen LogP contribution in [-0.4, -0.2) is 11.6 Å². The van der Waals surface area contributed by atoms with Crippen molar-refractivity contribution in [3.63, 3.8) is 0 Å². The third kappa shape index (κ3) is 2.23. The Kier molecular flexibility index (Phi) is 2.48. The highest BCUT2D eigenvalue weighted by Gasteiger charge is 2.01. The van der Waals surface area contributed by atoms with Crippen molar-refractivity contribution in [2.75, 3.05) is 12.0 Å². The third-order valence-electron chi connectivity index (χ3n) is 1.94. The second-order valence-corrected chi connectivity index (χ2v) is 2.97. The van der Waals surface area contributed by atoms with Gasteiger partial charge in [0.05, 0.1) is 5.69 Å². The molecule has 1 aromatic rings. The lowest BCUT2D eigenvalue weighted by Crippen LogP contribution is -2.36. The molecule has 0 radical (unpaired) electrons. The molecule has 0 saturated heterocycles. The fourth-order valence-corrected chi connectivity index (χ4v) is 1.24. The molecule has 2 N–H and O–H groups in total. The highest BCUT2D eigenvalue weighted by molar-refractivity contribution is 5.41. The van der Waals surface area contributed by atoms with Gasteiger partial charge in [-0.05, 0) is 18.6 Å². The van der Waals surface area contributed by atoms with Crippen LogP contribution in [0, 0.1) is 0 Å². The van der Waals surface area contributed by atoms with Gasteiger partial charge in [0.1, 0.15) is 0 Å². The molecule has 3 nitrogen and oxygen atoms in total. The van der Waals surface area contributed by atoms with Gasteiger partial charge in [-0.15, -0.1) is 5.53 Å². The van der Waals surface area contributed by atoms with E-state index in [0.29, 0.717) is 0 Å². The minimum absolute atomic E-state index is 1.03. The largest absolute Gasteiger partial charge is 0.304 e. The molecule has 0 amide bonds. The number of nitrogens with one attached hydrogen (secondary N) is 2. The molecule has 1 aromatic carbocycles. The van der Waals surface area contributed by atoms with Gasteiger partial charge in [-0.2, -0.15) is 0 Å². The summed E-state index contributed by atoms with van der Waals surface area (Å²) in [7, 11) is 0. The zero-order chi connectivity index (χ0) is 8.93. The number of rotatable bonds is 3. The molecule has 0 spiro atoms. The van der Waals surface area contributed by atoms with Gasteiger partial charge in [0, 0.05) is 12.7 Å². The van der Waals surface area contributed by atoms with Gasteiger partial charge in [-0.25, -0.2) is 0 Å². The summed E-state index contributed by atoms with van der Waals surface area (Å²) in [5, 5.41) is 2.02. The molecule has 0 atom stereocenters. The van der Waals surface area contributed by atoms with Crippen LogP contribution in [0.15, 0.2) is 42.6 Å². The third-order valence-corrected chi connectivity index (χ3v) is 1.94. The molecular formula is C10H13N3. The Hall–Kier alpha value is -1.48. The fraction of sp³-hybridized carbons (Fsp3) is 0.200. The first-order valence-corrected chi connectivity index (χ1v) is 4.45. The second kappa shape index (κ2) is 3.96. The van der Waals surface area contributed by atoms with E-state index in [0.717, 1.165) is 18.7 Å². The predicted octanol–water partition coefficient (Wildman–Crippen LogP) is 1.74. The highest BCUT2D eigenvalue weighted by atomic mass is 15.7. The van der Waals surface area contributed by atoms with Crippen LogP contribution in [0.5, 0.6) is 0 Å². The van der Waals surface area contributed by atoms with Crippen molar-refractivity contribution in [3.8, 4) is 0 Å². The van der Waals surface area contributed by atoms with Gasteiger partial charge in [-0.3, -0.25) is 5.01 Å². The molecule has 0 saturated carbocycles. The Morgan fingerprint density at radius 3 is 2.69 bits per heavy atom. The lowest BCUT2D eigenvalue weighted by atomic mass is 10.3. The molecule has 0 fully saturated rings. The van der Waals surface area contributed by atoms with Gasteiger partial charge in [0.2, 0.25) is 0 Å². The highest BCUT2D eigenvalue weighted by Crippen LogP contribution is 2.04. The number of nitrogens with zero attached hydrogens (tertiary/aromatic N) is 1. The monoisotopic (exact) mass is 175 g/mol. The van der Waals surface area contributed by atoms with E-state index in [1.54, 1.807) is 0 Å². The van der Waals surface area contributed by atoms with E-state index in [1.807, 2.05) is 41.5 Å². The van der Waals surface area contributed by atoms with E-state index in [4.69, 9.17) is 0 Å². The van der Waals surface area contributed by atoms with Gasteiger partial charge in [0.25, 0.3) is 0 Å². The van der Waals surface area contributed by atoms with Gasteiger partial charge >= 0.3 is 0 Å². The van der Waals surface area contributed by atoms with Crippen LogP contribution in [0.25, 0.3) is 0 Å². The Morgan fingerprint density at radius 2 is 2.00 bits per heavy atom. The van der Waals surface area contributed by atoms with Crippen molar-refractivity contribution in [3.05, 3.63) is 42.6 Å². The quantitative estimate of drug-likeness (QED) is 0.685. The lowest BCUT2D eigenvalue weighted by Gasteiger charge is -2.18. The topological polar surface area (TPSA) is 27.3 Å². The number of hydrogen-bond donors (Lipinski definition) is 2. The summed E-state index contributed by atoms with van der Waals surface area (Å²) >= 11 is 0. The van der Waals surface area contributed by atoms with Crippen molar-refractivity contribution in [2.24, 2.45) is 0 Å². The molecule has 13 heavy (non-hydrogen) atoms. The molecule has 1 aliphatic rings. The Bertz CT molecular complexity index is 281. The SMILES string of the molecule is C1=CN(NNc2ccccc2)CC1. The zero-order valence-corrected chi connectivity index (χ0v) is 7.40. The van der Waals surface area contributed by atoms with Crippen LogP contribution in [0.1, 0.15) is 6.42 Å². The molecule has 1 aliphatic heterocycles. The second-order valence-electron chi connectivity index (χ2n) is 2.97. The average molecular weight is 175 g/mol. The maximum Gasteiger partial charge on any atom is 0.0505 e. The van der Waals surface area contributed by atoms with Crippen LogP contribution in [0.3, 0.4) is 0 Å². The standard InChI is InChI=1S/C10H13N3/c1-2-6-10(7-3-1)11-12-13-8-4-5-9-13/h1-4,6-8,11-12H,5,9H2. The van der Waals surface area contributed by atoms with Gasteiger partial charge in [-0.1, -0.05) is 24.3 Å². The molecule has 0 bridgehead atoms. The van der Waals surface area contributed by atoms with Crippen molar-refractivity contribution >= 4 is 5.69 Å². The van der Waals surface area contributed by atoms with Gasteiger partial charge < -0.3 is 5.43 Å². The maximum absolute atomic E-state index is 3.11. The summed E-state index contributed by atoms with van der Waals surface area (Å²) < 4.78 is 0. The summed E-state index contributed by atoms with van der Waals surface area (Å²) in [4.78, 5) is 0. The Morgan fingerprint density at radius 1 is 1.15 bits per heavy atom. The first-order chi connectivity index (χ1) is 6.45. The minimum atomic E-state index is 1.03. The fourth-order valence-electron chi connectivity index (χ4n) is 1.24. The smallest absolute Gasteiger partial charge is 0.0505 e. The van der Waals surface area contributed by atoms with E-state index >= 15 is 0 Å². The van der Waals surface area contributed by atoms with E-state index in [9.17, 15) is 0 Å². The molecule has 0 aromatic heterocycles. The van der Waals surface area contributed by atoms with Crippen LogP contribution in [0.2, 0.25) is 0 Å². The molecule has 0 aliphatic carbocycles. The van der Waals surface area contributed by atoms with Crippen LogP contribution < -0.4 is 11.0 Å². The first kappa shape index (κ1) is 8.13. The predicted molar refractivity (Wildman–Crippen MR) is 53.7 cm³/mol. The number of benzene rings is 1. The molecule has 3 heteroatoms. The normalized spacial score (nSPS) is 14.9. The van der Waals surface area contributed by atoms with Gasteiger partial charge in [0.15, 0.2) is 0 Å². The Labute approximate surface area is 78.0 Å². The van der Waals surface area contributed by atoms with E-state index in [1.165, 1.54) is 0 Å². The van der Waals surface area contributed by atoms with Crippen LogP contribution in [-0.2, 0) is 0 Å². The van der Waals surface area contributed by atoms with E-state index in [-0.39, 0.29) is 0 Å². The van der Waals surface area contributed by atoms with Crippen molar-refractivity contribution < 1.29 is 0 Å². The summed E-state index contributed by atoms with van der Waals surface area (Å²) in [5.74, 6) is 0. The minimum Gasteiger partial charge on any atom is -0.304 e. The molecule has 2 rings (SSSR count). The summed E-state index contributed by atoms with van der Waals surface area (Å²) in [6.45, 7) is 1.03. The maximum atomic E-state index is 3.11. The average Bonchev–Trinajstić information content (AvgIpc) is 2.69. The molecule has 1 heterocycles. The molecule has 68 valence electrons. The number of para-hydroxylation sites is 1. The van der Waals surface area contributed by atoms with Crippen molar-refractivity contribution in [2.45, 2.75) is 6.42 Å². The van der Waals surface area contributed by atoms with Crippen LogP contribution in [0.4, 0.5) is 5.69 Å².